The lowest BCUT2D eigenvalue weighted by Crippen LogP contribution is -2.49. The normalized spacial score (nSPS) is 27.7. The van der Waals surface area contributed by atoms with Gasteiger partial charge in [-0.05, 0) is 78.9 Å². The number of nitrogens with zero attached hydrogens (tertiary/aromatic N) is 1. The van der Waals surface area contributed by atoms with Crippen LogP contribution in [0.25, 0.3) is 0 Å². The number of nitrogens with one attached hydrogen (secondary N) is 2. The first-order valence-corrected chi connectivity index (χ1v) is 9.33. The lowest BCUT2D eigenvalue weighted by Gasteiger charge is -2.36. The molecule has 2 N–H and O–H groups in total. The van der Waals surface area contributed by atoms with E-state index in [1.165, 1.54) is 32.5 Å². The van der Waals surface area contributed by atoms with Crippen LogP contribution in [0.1, 0.15) is 66.2 Å². The summed E-state index contributed by atoms with van der Waals surface area (Å²) in [6.07, 6.45) is 6.65. The third-order valence-electron chi connectivity index (χ3n) is 4.95. The SMILES string of the molecule is CCN1CCC(NC2CCC(NC(=O)OC(C)(C)C)CC2)CC1. The largest absolute Gasteiger partial charge is 0.444 e. The van der Waals surface area contributed by atoms with Crippen LogP contribution >= 0.6 is 0 Å². The minimum atomic E-state index is -0.420. The predicted molar refractivity (Wildman–Crippen MR) is 93.7 cm³/mol. The maximum atomic E-state index is 11.8. The zero-order chi connectivity index (χ0) is 16.9. The highest BCUT2D eigenvalue weighted by Crippen LogP contribution is 2.21. The molecule has 2 rings (SSSR count). The topological polar surface area (TPSA) is 53.6 Å². The Bertz CT molecular complexity index is 365. The number of amides is 1. The molecule has 1 saturated heterocycles. The van der Waals surface area contributed by atoms with Crippen molar-refractivity contribution in [2.24, 2.45) is 0 Å². The number of alkyl carbamates (subject to hydrolysis) is 1. The summed E-state index contributed by atoms with van der Waals surface area (Å²) in [4.78, 5) is 14.4. The average Bonchev–Trinajstić information content (AvgIpc) is 2.48. The molecule has 1 saturated carbocycles. The fourth-order valence-electron chi connectivity index (χ4n) is 3.63. The quantitative estimate of drug-likeness (QED) is 0.834. The summed E-state index contributed by atoms with van der Waals surface area (Å²) in [5.74, 6) is 0. The minimum Gasteiger partial charge on any atom is -0.444 e. The van der Waals surface area contributed by atoms with Crippen LogP contribution in [0.15, 0.2) is 0 Å². The van der Waals surface area contributed by atoms with E-state index in [4.69, 9.17) is 4.74 Å². The first-order chi connectivity index (χ1) is 10.9. The van der Waals surface area contributed by atoms with Gasteiger partial charge in [0.05, 0.1) is 0 Å². The zero-order valence-corrected chi connectivity index (χ0v) is 15.4. The fraction of sp³-hybridized carbons (Fsp3) is 0.944. The molecule has 0 atom stereocenters. The first kappa shape index (κ1) is 18.5. The van der Waals surface area contributed by atoms with E-state index in [1.54, 1.807) is 0 Å². The summed E-state index contributed by atoms with van der Waals surface area (Å²) in [6.45, 7) is 11.6. The molecule has 0 unspecified atom stereocenters. The van der Waals surface area contributed by atoms with Gasteiger partial charge in [0.2, 0.25) is 0 Å². The smallest absolute Gasteiger partial charge is 0.407 e. The van der Waals surface area contributed by atoms with Crippen LogP contribution in [0.3, 0.4) is 0 Å². The number of carbonyl (C=O) groups is 1. The molecule has 2 aliphatic rings. The Balaban J connectivity index is 1.63. The Morgan fingerprint density at radius 2 is 1.52 bits per heavy atom. The molecule has 0 radical (unpaired) electrons. The van der Waals surface area contributed by atoms with Crippen molar-refractivity contribution in [2.45, 2.75) is 89.9 Å². The third-order valence-corrected chi connectivity index (χ3v) is 4.95. The average molecular weight is 325 g/mol. The number of hydrogen-bond acceptors (Lipinski definition) is 4. The summed E-state index contributed by atoms with van der Waals surface area (Å²) in [5.41, 5.74) is -0.420. The van der Waals surface area contributed by atoms with Gasteiger partial charge < -0.3 is 20.3 Å². The summed E-state index contributed by atoms with van der Waals surface area (Å²) >= 11 is 0. The van der Waals surface area contributed by atoms with Crippen molar-refractivity contribution in [1.82, 2.24) is 15.5 Å². The van der Waals surface area contributed by atoms with Gasteiger partial charge in [0.1, 0.15) is 5.60 Å². The molecule has 0 aromatic rings. The Hall–Kier alpha value is -0.810. The van der Waals surface area contributed by atoms with Crippen LogP contribution in [0, 0.1) is 0 Å². The number of piperidine rings is 1. The van der Waals surface area contributed by atoms with Crippen molar-refractivity contribution in [3.8, 4) is 0 Å². The van der Waals surface area contributed by atoms with E-state index in [2.05, 4.69) is 22.5 Å². The Morgan fingerprint density at radius 3 is 2.04 bits per heavy atom. The van der Waals surface area contributed by atoms with Crippen molar-refractivity contribution >= 4 is 6.09 Å². The Kier molecular flexibility index (Phi) is 6.72. The van der Waals surface area contributed by atoms with E-state index in [0.29, 0.717) is 12.1 Å². The van der Waals surface area contributed by atoms with Gasteiger partial charge in [0.15, 0.2) is 0 Å². The predicted octanol–water partition coefficient (Wildman–Crippen LogP) is 2.90. The molecule has 5 heteroatoms. The molecule has 0 spiro atoms. The van der Waals surface area contributed by atoms with E-state index in [0.717, 1.165) is 25.7 Å². The number of likely N-dealkylation sites (tertiary alicyclic amines) is 1. The number of hydrogen-bond donors (Lipinski definition) is 2. The van der Waals surface area contributed by atoms with Gasteiger partial charge in [0.25, 0.3) is 0 Å². The van der Waals surface area contributed by atoms with Crippen molar-refractivity contribution < 1.29 is 9.53 Å². The molecular weight excluding hydrogens is 290 g/mol. The van der Waals surface area contributed by atoms with Gasteiger partial charge in [-0.2, -0.15) is 0 Å². The van der Waals surface area contributed by atoms with Crippen LogP contribution < -0.4 is 10.6 Å². The highest BCUT2D eigenvalue weighted by Gasteiger charge is 2.27. The van der Waals surface area contributed by atoms with Crippen molar-refractivity contribution in [3.05, 3.63) is 0 Å². The molecular formula is C18H35N3O2. The lowest BCUT2D eigenvalue weighted by molar-refractivity contribution is 0.0488. The van der Waals surface area contributed by atoms with Gasteiger partial charge >= 0.3 is 6.09 Å². The highest BCUT2D eigenvalue weighted by molar-refractivity contribution is 5.68. The maximum absolute atomic E-state index is 11.8. The maximum Gasteiger partial charge on any atom is 0.407 e. The second-order valence-electron chi connectivity index (χ2n) is 8.07. The molecule has 1 aliphatic carbocycles. The number of rotatable bonds is 4. The first-order valence-electron chi connectivity index (χ1n) is 9.33. The van der Waals surface area contributed by atoms with Crippen LogP contribution in [0.4, 0.5) is 4.79 Å². The van der Waals surface area contributed by atoms with E-state index in [1.807, 2.05) is 20.8 Å². The molecule has 1 amide bonds. The van der Waals surface area contributed by atoms with E-state index >= 15 is 0 Å². The second kappa shape index (κ2) is 8.34. The molecule has 0 aromatic carbocycles. The van der Waals surface area contributed by atoms with Crippen LogP contribution in [-0.4, -0.2) is 54.4 Å². The molecule has 0 aromatic heterocycles. The van der Waals surface area contributed by atoms with Crippen molar-refractivity contribution in [1.29, 1.82) is 0 Å². The van der Waals surface area contributed by atoms with Crippen molar-refractivity contribution in [2.75, 3.05) is 19.6 Å². The van der Waals surface area contributed by atoms with Gasteiger partial charge in [-0.3, -0.25) is 0 Å². The molecule has 5 nitrogen and oxygen atoms in total. The van der Waals surface area contributed by atoms with Crippen LogP contribution in [0.5, 0.6) is 0 Å². The standard InChI is InChI=1S/C18H35N3O2/c1-5-21-12-10-16(11-13-21)19-14-6-8-15(9-7-14)20-17(22)23-18(2,3)4/h14-16,19H,5-13H2,1-4H3,(H,20,22). The molecule has 2 fully saturated rings. The number of ether oxygens (including phenoxy) is 1. The summed E-state index contributed by atoms with van der Waals surface area (Å²) < 4.78 is 5.34. The number of carbonyl (C=O) groups excluding carboxylic acids is 1. The van der Waals surface area contributed by atoms with Crippen LogP contribution in [0.2, 0.25) is 0 Å². The third kappa shape index (κ3) is 6.68. The monoisotopic (exact) mass is 325 g/mol. The van der Waals surface area contributed by atoms with E-state index in [-0.39, 0.29) is 12.1 Å². The van der Waals surface area contributed by atoms with Crippen molar-refractivity contribution in [3.63, 3.8) is 0 Å². The molecule has 23 heavy (non-hydrogen) atoms. The molecule has 1 heterocycles. The summed E-state index contributed by atoms with van der Waals surface area (Å²) in [5, 5.41) is 6.86. The molecule has 134 valence electrons. The summed E-state index contributed by atoms with van der Waals surface area (Å²) in [6, 6.07) is 1.56. The van der Waals surface area contributed by atoms with Gasteiger partial charge in [-0.15, -0.1) is 0 Å². The van der Waals surface area contributed by atoms with E-state index in [9.17, 15) is 4.79 Å². The highest BCUT2D eigenvalue weighted by atomic mass is 16.6. The Morgan fingerprint density at radius 1 is 1.00 bits per heavy atom. The zero-order valence-electron chi connectivity index (χ0n) is 15.4. The molecule has 0 bridgehead atoms. The lowest BCUT2D eigenvalue weighted by atomic mass is 9.90. The van der Waals surface area contributed by atoms with E-state index < -0.39 is 5.60 Å². The fourth-order valence-corrected chi connectivity index (χ4v) is 3.63. The van der Waals surface area contributed by atoms with Gasteiger partial charge in [-0.25, -0.2) is 4.79 Å². The molecule has 1 aliphatic heterocycles. The minimum absolute atomic E-state index is 0.268. The Labute approximate surface area is 141 Å². The van der Waals surface area contributed by atoms with Crippen LogP contribution in [-0.2, 0) is 4.74 Å². The summed E-state index contributed by atoms with van der Waals surface area (Å²) in [7, 11) is 0. The van der Waals surface area contributed by atoms with Gasteiger partial charge in [0, 0.05) is 18.1 Å². The second-order valence-corrected chi connectivity index (χ2v) is 8.07. The van der Waals surface area contributed by atoms with Gasteiger partial charge in [-0.1, -0.05) is 6.92 Å².